The van der Waals surface area contributed by atoms with Gasteiger partial charge in [0.25, 0.3) is 5.92 Å². The first kappa shape index (κ1) is 12.8. The Morgan fingerprint density at radius 1 is 1.11 bits per heavy atom. The summed E-state index contributed by atoms with van der Waals surface area (Å²) < 4.78 is 38.6. The van der Waals surface area contributed by atoms with Crippen LogP contribution < -0.4 is 0 Å². The molecule has 1 saturated carbocycles. The zero-order valence-electron chi connectivity index (χ0n) is 10.7. The van der Waals surface area contributed by atoms with Crippen molar-refractivity contribution in [1.82, 2.24) is 4.90 Å². The summed E-state index contributed by atoms with van der Waals surface area (Å²) >= 11 is 0. The summed E-state index contributed by atoms with van der Waals surface area (Å²) in [6.45, 7) is 3.29. The fraction of sp³-hybridized carbons (Fsp3) is 1.00. The Bertz CT molecular complexity index is 305. The summed E-state index contributed by atoms with van der Waals surface area (Å²) in [5.41, 5.74) is 0. The van der Waals surface area contributed by atoms with Crippen molar-refractivity contribution in [3.05, 3.63) is 0 Å². The second kappa shape index (κ2) is 4.69. The third-order valence-electron chi connectivity index (χ3n) is 4.45. The first-order valence-corrected chi connectivity index (χ1v) is 6.98. The van der Waals surface area contributed by atoms with Crippen LogP contribution in [0.2, 0.25) is 0 Å². The number of rotatable bonds is 2. The average molecular weight is 261 g/mol. The van der Waals surface area contributed by atoms with Gasteiger partial charge in [0.2, 0.25) is 0 Å². The number of piperidine rings is 1. The fourth-order valence-electron chi connectivity index (χ4n) is 3.50. The Morgan fingerprint density at radius 2 is 1.89 bits per heavy atom. The molecule has 0 radical (unpaired) electrons. The second-order valence-corrected chi connectivity index (χ2v) is 5.80. The highest BCUT2D eigenvalue weighted by molar-refractivity contribution is 4.90. The topological polar surface area (TPSA) is 21.7 Å². The molecular formula is C13H21F2NO2. The van der Waals surface area contributed by atoms with Crippen molar-refractivity contribution in [1.29, 1.82) is 0 Å². The van der Waals surface area contributed by atoms with Gasteiger partial charge in [-0.1, -0.05) is 0 Å². The molecule has 3 fully saturated rings. The van der Waals surface area contributed by atoms with E-state index in [-0.39, 0.29) is 6.42 Å². The van der Waals surface area contributed by atoms with E-state index in [1.54, 1.807) is 0 Å². The standard InChI is InChI=1S/C13H21F2NO2/c14-13(15)5-1-3-11(13)9-16-6-2-4-12(10-16)17-7-8-18-12/h11H,1-10H2. The molecular weight excluding hydrogens is 240 g/mol. The molecule has 0 bridgehead atoms. The second-order valence-electron chi connectivity index (χ2n) is 5.80. The van der Waals surface area contributed by atoms with Gasteiger partial charge in [-0.3, -0.25) is 4.90 Å². The summed E-state index contributed by atoms with van der Waals surface area (Å²) in [6, 6.07) is 0. The molecule has 1 spiro atoms. The van der Waals surface area contributed by atoms with Crippen molar-refractivity contribution >= 4 is 0 Å². The van der Waals surface area contributed by atoms with Crippen molar-refractivity contribution in [2.45, 2.75) is 43.8 Å². The van der Waals surface area contributed by atoms with Gasteiger partial charge in [0, 0.05) is 25.3 Å². The zero-order valence-corrected chi connectivity index (χ0v) is 10.7. The number of likely N-dealkylation sites (tertiary alicyclic amines) is 1. The smallest absolute Gasteiger partial charge is 0.252 e. The molecule has 18 heavy (non-hydrogen) atoms. The maximum Gasteiger partial charge on any atom is 0.252 e. The molecule has 104 valence electrons. The summed E-state index contributed by atoms with van der Waals surface area (Å²) in [7, 11) is 0. The van der Waals surface area contributed by atoms with Crippen LogP contribution in [0.1, 0.15) is 32.1 Å². The Morgan fingerprint density at radius 3 is 2.56 bits per heavy atom. The van der Waals surface area contributed by atoms with E-state index < -0.39 is 17.6 Å². The van der Waals surface area contributed by atoms with Crippen LogP contribution in [-0.4, -0.2) is 49.5 Å². The van der Waals surface area contributed by atoms with Gasteiger partial charge in [-0.2, -0.15) is 0 Å². The van der Waals surface area contributed by atoms with E-state index >= 15 is 0 Å². The highest BCUT2D eigenvalue weighted by Gasteiger charge is 2.46. The van der Waals surface area contributed by atoms with Crippen molar-refractivity contribution in [2.24, 2.45) is 5.92 Å². The molecule has 2 aliphatic heterocycles. The number of ether oxygens (including phenoxy) is 2. The Kier molecular flexibility index (Phi) is 3.32. The van der Waals surface area contributed by atoms with Crippen LogP contribution >= 0.6 is 0 Å². The van der Waals surface area contributed by atoms with Gasteiger partial charge in [0.05, 0.1) is 19.8 Å². The van der Waals surface area contributed by atoms with E-state index in [1.807, 2.05) is 0 Å². The van der Waals surface area contributed by atoms with Gasteiger partial charge in [0.1, 0.15) is 0 Å². The lowest BCUT2D eigenvalue weighted by Gasteiger charge is -2.40. The van der Waals surface area contributed by atoms with Crippen LogP contribution in [0.4, 0.5) is 8.78 Å². The lowest BCUT2D eigenvalue weighted by molar-refractivity contribution is -0.192. The van der Waals surface area contributed by atoms with Gasteiger partial charge in [-0.05, 0) is 25.8 Å². The van der Waals surface area contributed by atoms with E-state index in [2.05, 4.69) is 4.90 Å². The zero-order chi connectivity index (χ0) is 12.6. The van der Waals surface area contributed by atoms with E-state index in [0.717, 1.165) is 19.4 Å². The molecule has 0 N–H and O–H groups in total. The van der Waals surface area contributed by atoms with Crippen molar-refractivity contribution in [3.63, 3.8) is 0 Å². The average Bonchev–Trinajstić information content (AvgIpc) is 2.88. The monoisotopic (exact) mass is 261 g/mol. The summed E-state index contributed by atoms with van der Waals surface area (Å²) in [5, 5.41) is 0. The summed E-state index contributed by atoms with van der Waals surface area (Å²) in [4.78, 5) is 2.11. The molecule has 1 atom stereocenters. The summed E-state index contributed by atoms with van der Waals surface area (Å²) in [6.07, 6.45) is 3.23. The van der Waals surface area contributed by atoms with Crippen molar-refractivity contribution in [3.8, 4) is 0 Å². The van der Waals surface area contributed by atoms with Gasteiger partial charge in [-0.25, -0.2) is 8.78 Å². The first-order valence-electron chi connectivity index (χ1n) is 6.98. The number of hydrogen-bond acceptors (Lipinski definition) is 3. The molecule has 2 saturated heterocycles. The van der Waals surface area contributed by atoms with E-state index in [1.165, 1.54) is 0 Å². The molecule has 5 heteroatoms. The third-order valence-corrected chi connectivity index (χ3v) is 4.45. The SMILES string of the molecule is FC1(F)CCCC1CN1CCCC2(C1)OCCO2. The quantitative estimate of drug-likeness (QED) is 0.761. The highest BCUT2D eigenvalue weighted by Crippen LogP contribution is 2.41. The predicted molar refractivity (Wildman–Crippen MR) is 62.6 cm³/mol. The normalized spacial score (nSPS) is 35.3. The molecule has 0 aromatic heterocycles. The summed E-state index contributed by atoms with van der Waals surface area (Å²) in [5.74, 6) is -3.44. The maximum absolute atomic E-state index is 13.6. The van der Waals surface area contributed by atoms with Crippen molar-refractivity contribution in [2.75, 3.05) is 32.8 Å². The van der Waals surface area contributed by atoms with Gasteiger partial charge in [0.15, 0.2) is 5.79 Å². The molecule has 2 heterocycles. The Hall–Kier alpha value is -0.260. The fourth-order valence-corrected chi connectivity index (χ4v) is 3.50. The largest absolute Gasteiger partial charge is 0.346 e. The molecule has 3 rings (SSSR count). The number of alkyl halides is 2. The van der Waals surface area contributed by atoms with E-state index in [4.69, 9.17) is 9.47 Å². The molecule has 0 amide bonds. The number of hydrogen-bond donors (Lipinski definition) is 0. The minimum atomic E-state index is -2.47. The first-order chi connectivity index (χ1) is 8.60. The molecule has 1 unspecified atom stereocenters. The van der Waals surface area contributed by atoms with Crippen LogP contribution in [0, 0.1) is 5.92 Å². The Balaban J connectivity index is 1.59. The van der Waals surface area contributed by atoms with Crippen LogP contribution in [-0.2, 0) is 9.47 Å². The molecule has 1 aliphatic carbocycles. The third kappa shape index (κ3) is 2.40. The minimum Gasteiger partial charge on any atom is -0.346 e. The van der Waals surface area contributed by atoms with Gasteiger partial charge in [-0.15, -0.1) is 0 Å². The molecule has 0 aromatic carbocycles. The Labute approximate surface area is 106 Å². The minimum absolute atomic E-state index is 0.0592. The van der Waals surface area contributed by atoms with E-state index in [0.29, 0.717) is 39.1 Å². The van der Waals surface area contributed by atoms with Crippen LogP contribution in [0.3, 0.4) is 0 Å². The lowest BCUT2D eigenvalue weighted by Crippen LogP contribution is -2.51. The number of halogens is 2. The molecule has 3 aliphatic rings. The predicted octanol–water partition coefficient (Wildman–Crippen LogP) is 2.26. The molecule has 0 aromatic rings. The maximum atomic E-state index is 13.6. The lowest BCUT2D eigenvalue weighted by atomic mass is 10.00. The van der Waals surface area contributed by atoms with Gasteiger partial charge < -0.3 is 9.47 Å². The van der Waals surface area contributed by atoms with Crippen LogP contribution in [0.25, 0.3) is 0 Å². The molecule has 3 nitrogen and oxygen atoms in total. The van der Waals surface area contributed by atoms with Gasteiger partial charge >= 0.3 is 0 Å². The van der Waals surface area contributed by atoms with Crippen LogP contribution in [0.5, 0.6) is 0 Å². The number of nitrogens with zero attached hydrogens (tertiary/aromatic N) is 1. The van der Waals surface area contributed by atoms with E-state index in [9.17, 15) is 8.78 Å². The van der Waals surface area contributed by atoms with Crippen molar-refractivity contribution < 1.29 is 18.3 Å². The highest BCUT2D eigenvalue weighted by atomic mass is 19.3. The van der Waals surface area contributed by atoms with Crippen LogP contribution in [0.15, 0.2) is 0 Å².